The molecule has 0 aromatic heterocycles. The largest absolute Gasteiger partial charge is 2.00 e. The van der Waals surface area contributed by atoms with Crippen molar-refractivity contribution in [3.8, 4) is 0 Å². The van der Waals surface area contributed by atoms with E-state index in [2.05, 4.69) is 0 Å². The Hall–Kier alpha value is -1.14. The molecule has 0 radical (unpaired) electrons. The van der Waals surface area contributed by atoms with Crippen molar-refractivity contribution in [1.29, 1.82) is 0 Å². The van der Waals surface area contributed by atoms with Gasteiger partial charge in [0.2, 0.25) is 0 Å². The third-order valence-electron chi connectivity index (χ3n) is 0. The Kier molecular flexibility index (Phi) is 29.8. The minimum atomic E-state index is -1.50. The summed E-state index contributed by atoms with van der Waals surface area (Å²) in [5.74, 6) is 0. The van der Waals surface area contributed by atoms with Crippen LogP contribution in [0.5, 0.6) is 0 Å². The average molecular weight is 231 g/mol. The van der Waals surface area contributed by atoms with Crippen molar-refractivity contribution in [2.45, 2.75) is 0 Å². The monoisotopic (exact) mass is 231 g/mol. The number of hydrogen-bond donors (Lipinski definition) is 3. The van der Waals surface area contributed by atoms with Gasteiger partial charge in [-0.15, -0.1) is 30.3 Å². The predicted octanol–water partition coefficient (Wildman–Crippen LogP) is -1.20. The Morgan fingerprint density at radius 3 is 0.769 bits per heavy atom. The molecule has 0 fully saturated rings. The third kappa shape index (κ3) is 656. The van der Waals surface area contributed by atoms with Crippen molar-refractivity contribution < 1.29 is 33.7 Å². The van der Waals surface area contributed by atoms with Gasteiger partial charge in [0.25, 0.3) is 15.3 Å². The molecule has 13 heavy (non-hydrogen) atoms. The van der Waals surface area contributed by atoms with Crippen LogP contribution < -0.4 is 0 Å². The van der Waals surface area contributed by atoms with Gasteiger partial charge < -0.3 is 18.5 Å². The fourth-order valence-electron chi connectivity index (χ4n) is 0. The fraction of sp³-hybridized carbons (Fsp3) is 0. The zero-order valence-corrected chi connectivity index (χ0v) is 8.05. The summed E-state index contributed by atoms with van der Waals surface area (Å²) < 4.78 is 0. The molecule has 0 rings (SSSR count). The second-order valence-corrected chi connectivity index (χ2v) is 0.714. The van der Waals surface area contributed by atoms with E-state index in [4.69, 9.17) is 46.0 Å². The average Bonchev–Trinajstić information content (AvgIpc) is 1.54. The Morgan fingerprint density at radius 2 is 0.769 bits per heavy atom. The minimum absolute atomic E-state index is 0. The molecule has 0 aliphatic carbocycles. The van der Waals surface area contributed by atoms with Gasteiger partial charge >= 0.3 is 37.7 Å². The van der Waals surface area contributed by atoms with E-state index in [-0.39, 0.29) is 40.6 Å². The van der Waals surface area contributed by atoms with Gasteiger partial charge in [-0.1, -0.05) is 0 Å². The number of nitrogens with zero attached hydrogens (tertiary/aromatic N) is 3. The maximum Gasteiger partial charge on any atom is 2.00 e. The SMILES string of the molecule is O=[N+]([O-])O.O=[N+]([O-])O.O=[N+]([O-])O.[Ca+2].[H-].[H-]. The van der Waals surface area contributed by atoms with Crippen LogP contribution in [0.2, 0.25) is 0 Å². The van der Waals surface area contributed by atoms with Gasteiger partial charge in [0, 0.05) is 0 Å². The molecule has 0 unspecified atom stereocenters. The van der Waals surface area contributed by atoms with E-state index in [9.17, 15) is 0 Å². The molecule has 0 aliphatic heterocycles. The third-order valence-corrected chi connectivity index (χ3v) is 0. The smallest absolute Gasteiger partial charge is 1.00 e. The van der Waals surface area contributed by atoms with Crippen molar-refractivity contribution in [2.75, 3.05) is 0 Å². The topological polar surface area (TPSA) is 190 Å². The van der Waals surface area contributed by atoms with Crippen LogP contribution in [0, 0.1) is 30.3 Å². The summed E-state index contributed by atoms with van der Waals surface area (Å²) in [6, 6.07) is 0. The van der Waals surface area contributed by atoms with E-state index in [0.717, 1.165) is 0 Å². The molecule has 76 valence electrons. The standard InChI is InChI=1S/Ca.3HNO3.2H/c;3*2-1(3)4;;/h;3*(H,2,3,4);;/q+2;;;;2*-1. The Labute approximate surface area is 102 Å². The molecule has 0 saturated heterocycles. The molecule has 13 heteroatoms. The van der Waals surface area contributed by atoms with Crippen molar-refractivity contribution in [2.24, 2.45) is 0 Å². The van der Waals surface area contributed by atoms with E-state index in [1.807, 2.05) is 0 Å². The van der Waals surface area contributed by atoms with Crippen molar-refractivity contribution >= 4 is 37.7 Å². The summed E-state index contributed by atoms with van der Waals surface area (Å²) in [6.45, 7) is 0. The second-order valence-electron chi connectivity index (χ2n) is 0.714. The van der Waals surface area contributed by atoms with Crippen LogP contribution >= 0.6 is 0 Å². The molecule has 3 N–H and O–H groups in total. The van der Waals surface area contributed by atoms with Crippen LogP contribution in [-0.4, -0.2) is 68.6 Å². The predicted molar refractivity (Wildman–Crippen MR) is 34.3 cm³/mol. The fourth-order valence-corrected chi connectivity index (χ4v) is 0. The van der Waals surface area contributed by atoms with E-state index in [1.54, 1.807) is 0 Å². The Morgan fingerprint density at radius 1 is 0.769 bits per heavy atom. The molecule has 0 amide bonds. The van der Waals surface area contributed by atoms with Gasteiger partial charge in [-0.25, -0.2) is 0 Å². The van der Waals surface area contributed by atoms with Crippen LogP contribution in [0.4, 0.5) is 0 Å². The molecule has 12 nitrogen and oxygen atoms in total. The first-order chi connectivity index (χ1) is 5.20. The maximum absolute atomic E-state index is 8.36. The molecule has 0 aliphatic rings. The first-order valence-corrected chi connectivity index (χ1v) is 1.70. The van der Waals surface area contributed by atoms with Crippen LogP contribution in [0.15, 0.2) is 0 Å². The van der Waals surface area contributed by atoms with Crippen LogP contribution in [0.25, 0.3) is 0 Å². The number of rotatable bonds is 0. The zero-order valence-electron chi connectivity index (χ0n) is 7.84. The van der Waals surface area contributed by atoms with Crippen LogP contribution in [0.3, 0.4) is 0 Å². The second kappa shape index (κ2) is 17.1. The summed E-state index contributed by atoms with van der Waals surface area (Å²) in [7, 11) is 0. The molecule has 0 heterocycles. The summed E-state index contributed by atoms with van der Waals surface area (Å²) >= 11 is 0. The van der Waals surface area contributed by atoms with Gasteiger partial charge in [0.1, 0.15) is 0 Å². The van der Waals surface area contributed by atoms with Gasteiger partial charge in [0.15, 0.2) is 0 Å². The summed E-state index contributed by atoms with van der Waals surface area (Å²) in [5.41, 5.74) is 0. The van der Waals surface area contributed by atoms with Crippen LogP contribution in [-0.2, 0) is 0 Å². The molecular formula is H5CaN3O9. The quantitative estimate of drug-likeness (QED) is 0.261. The molecule has 0 atom stereocenters. The van der Waals surface area contributed by atoms with E-state index in [0.29, 0.717) is 0 Å². The van der Waals surface area contributed by atoms with Crippen molar-refractivity contribution in [3.63, 3.8) is 0 Å². The molecule has 0 aromatic carbocycles. The first kappa shape index (κ1) is 22.6. The van der Waals surface area contributed by atoms with Crippen molar-refractivity contribution in [1.82, 2.24) is 0 Å². The summed E-state index contributed by atoms with van der Waals surface area (Å²) in [5, 5.41) is 40.9. The maximum atomic E-state index is 8.36. The van der Waals surface area contributed by atoms with Gasteiger partial charge in [0.05, 0.1) is 0 Å². The number of hydrogen-bond acceptors (Lipinski definition) is 6. The minimum Gasteiger partial charge on any atom is -1.00 e. The van der Waals surface area contributed by atoms with E-state index < -0.39 is 15.3 Å². The van der Waals surface area contributed by atoms with Gasteiger partial charge in [-0.05, 0) is 0 Å². The van der Waals surface area contributed by atoms with E-state index >= 15 is 0 Å². The first-order valence-electron chi connectivity index (χ1n) is 1.70. The van der Waals surface area contributed by atoms with Gasteiger partial charge in [-0.2, -0.15) is 0 Å². The zero-order chi connectivity index (χ0) is 10.7. The Bertz CT molecular complexity index is 121. The summed E-state index contributed by atoms with van der Waals surface area (Å²) in [6.07, 6.45) is 0. The van der Waals surface area contributed by atoms with Crippen LogP contribution in [0.1, 0.15) is 2.85 Å². The molecule has 0 aromatic rings. The molecular weight excluding hydrogens is 226 g/mol. The summed E-state index contributed by atoms with van der Waals surface area (Å²) in [4.78, 5) is 25.1. The molecule has 0 bridgehead atoms. The van der Waals surface area contributed by atoms with Crippen molar-refractivity contribution in [3.05, 3.63) is 30.3 Å². The Balaban J connectivity index is -0.0000000184. The molecule has 0 saturated carbocycles. The van der Waals surface area contributed by atoms with Gasteiger partial charge in [-0.3, -0.25) is 0 Å². The molecule has 0 spiro atoms. The normalized spacial score (nSPS) is 5.54. The van der Waals surface area contributed by atoms with E-state index in [1.165, 1.54) is 0 Å².